The second-order valence-corrected chi connectivity index (χ2v) is 6.84. The second-order valence-electron chi connectivity index (χ2n) is 4.98. The van der Waals surface area contributed by atoms with Gasteiger partial charge in [0.05, 0.1) is 0 Å². The quantitative estimate of drug-likeness (QED) is 0.839. The van der Waals surface area contributed by atoms with Crippen molar-refractivity contribution >= 4 is 10.0 Å². The van der Waals surface area contributed by atoms with Crippen molar-refractivity contribution in [1.29, 1.82) is 0 Å². The lowest BCUT2D eigenvalue weighted by Gasteiger charge is -2.20. The van der Waals surface area contributed by atoms with Crippen LogP contribution >= 0.6 is 0 Å². The van der Waals surface area contributed by atoms with E-state index >= 15 is 0 Å². The van der Waals surface area contributed by atoms with Crippen LogP contribution in [0.5, 0.6) is 0 Å². The molecule has 0 spiro atoms. The van der Waals surface area contributed by atoms with Crippen LogP contribution in [0.15, 0.2) is 23.1 Å². The van der Waals surface area contributed by atoms with E-state index in [4.69, 9.17) is 0 Å². The first kappa shape index (κ1) is 15.4. The highest BCUT2D eigenvalue weighted by molar-refractivity contribution is 7.89. The largest absolute Gasteiger partial charge is 0.313 e. The van der Waals surface area contributed by atoms with Crippen molar-refractivity contribution in [2.75, 3.05) is 13.1 Å². The lowest BCUT2D eigenvalue weighted by Crippen LogP contribution is -2.33. The molecule has 0 aromatic heterocycles. The molecule has 0 unspecified atom stereocenters. The van der Waals surface area contributed by atoms with E-state index in [1.165, 1.54) is 16.4 Å². The zero-order valence-electron chi connectivity index (χ0n) is 11.9. The third-order valence-corrected chi connectivity index (χ3v) is 5.47. The second kappa shape index (κ2) is 6.20. The predicted octanol–water partition coefficient (Wildman–Crippen LogP) is 2.11. The molecular formula is C14H21FN2O2S. The molecule has 0 saturated heterocycles. The maximum atomic E-state index is 13.9. The molecule has 1 aromatic carbocycles. The van der Waals surface area contributed by atoms with Gasteiger partial charge in [-0.3, -0.25) is 0 Å². The molecule has 1 aliphatic carbocycles. The molecule has 20 heavy (non-hydrogen) atoms. The maximum Gasteiger partial charge on any atom is 0.246 e. The summed E-state index contributed by atoms with van der Waals surface area (Å²) in [5, 5.41) is 3.11. The minimum absolute atomic E-state index is 0.0434. The topological polar surface area (TPSA) is 49.4 Å². The van der Waals surface area contributed by atoms with Crippen molar-refractivity contribution in [3.8, 4) is 0 Å². The minimum atomic E-state index is -3.74. The van der Waals surface area contributed by atoms with Gasteiger partial charge in [0.15, 0.2) is 0 Å². The standard InChI is InChI=1S/C14H21FN2O2S/c1-3-16-10-11-5-8-13(15)14(9-11)20(18,19)17(4-2)12-6-7-12/h5,8-9,12,16H,3-4,6-7,10H2,1-2H3. The van der Waals surface area contributed by atoms with E-state index in [0.29, 0.717) is 13.1 Å². The van der Waals surface area contributed by atoms with Crippen molar-refractivity contribution in [1.82, 2.24) is 9.62 Å². The van der Waals surface area contributed by atoms with Crippen molar-refractivity contribution in [2.45, 2.75) is 44.2 Å². The van der Waals surface area contributed by atoms with Crippen LogP contribution in [0.3, 0.4) is 0 Å². The Balaban J connectivity index is 2.34. The van der Waals surface area contributed by atoms with Gasteiger partial charge in [-0.2, -0.15) is 4.31 Å². The third-order valence-electron chi connectivity index (χ3n) is 3.43. The molecule has 112 valence electrons. The van der Waals surface area contributed by atoms with E-state index in [1.807, 2.05) is 6.92 Å². The maximum absolute atomic E-state index is 13.9. The van der Waals surface area contributed by atoms with Crippen molar-refractivity contribution in [3.05, 3.63) is 29.6 Å². The number of sulfonamides is 1. The Morgan fingerprint density at radius 2 is 2.05 bits per heavy atom. The Morgan fingerprint density at radius 3 is 2.60 bits per heavy atom. The van der Waals surface area contributed by atoms with Crippen LogP contribution in [0.1, 0.15) is 32.3 Å². The SMILES string of the molecule is CCNCc1ccc(F)c(S(=O)(=O)N(CC)C2CC2)c1. The summed E-state index contributed by atoms with van der Waals surface area (Å²) in [4.78, 5) is -0.207. The molecule has 1 aliphatic rings. The fraction of sp³-hybridized carbons (Fsp3) is 0.571. The van der Waals surface area contributed by atoms with Crippen LogP contribution in [0.4, 0.5) is 4.39 Å². The smallest absolute Gasteiger partial charge is 0.246 e. The van der Waals surface area contributed by atoms with Gasteiger partial charge >= 0.3 is 0 Å². The summed E-state index contributed by atoms with van der Waals surface area (Å²) >= 11 is 0. The minimum Gasteiger partial charge on any atom is -0.313 e. The Kier molecular flexibility index (Phi) is 4.78. The van der Waals surface area contributed by atoms with Crippen LogP contribution in [0, 0.1) is 5.82 Å². The fourth-order valence-corrected chi connectivity index (χ4v) is 4.05. The van der Waals surface area contributed by atoms with Gasteiger partial charge in [-0.1, -0.05) is 19.9 Å². The molecule has 1 saturated carbocycles. The molecule has 0 aliphatic heterocycles. The highest BCUT2D eigenvalue weighted by Gasteiger charge is 2.38. The summed E-state index contributed by atoms with van der Waals surface area (Å²) in [5.74, 6) is -0.677. The number of halogens is 1. The summed E-state index contributed by atoms with van der Waals surface area (Å²) in [6.45, 7) is 5.45. The molecule has 1 fully saturated rings. The van der Waals surface area contributed by atoms with Gasteiger partial charge in [-0.15, -0.1) is 0 Å². The molecule has 2 rings (SSSR count). The molecular weight excluding hydrogens is 279 g/mol. The molecule has 4 nitrogen and oxygen atoms in total. The zero-order chi connectivity index (χ0) is 14.8. The number of rotatable bonds is 7. The Bertz CT molecular complexity index is 571. The third kappa shape index (κ3) is 3.19. The number of hydrogen-bond acceptors (Lipinski definition) is 3. The number of hydrogen-bond donors (Lipinski definition) is 1. The molecule has 0 amide bonds. The zero-order valence-corrected chi connectivity index (χ0v) is 12.7. The normalized spacial score (nSPS) is 15.8. The average Bonchev–Trinajstić information content (AvgIpc) is 3.22. The first-order chi connectivity index (χ1) is 9.50. The summed E-state index contributed by atoms with van der Waals surface area (Å²) in [6, 6.07) is 4.34. The number of nitrogens with one attached hydrogen (secondary N) is 1. The fourth-order valence-electron chi connectivity index (χ4n) is 2.24. The molecule has 1 aromatic rings. The van der Waals surface area contributed by atoms with Gasteiger partial charge in [0, 0.05) is 19.1 Å². The lowest BCUT2D eigenvalue weighted by atomic mass is 10.2. The summed E-state index contributed by atoms with van der Waals surface area (Å²) in [7, 11) is -3.74. The van der Waals surface area contributed by atoms with E-state index in [-0.39, 0.29) is 10.9 Å². The summed E-state index contributed by atoms with van der Waals surface area (Å²) in [5.41, 5.74) is 0.777. The van der Waals surface area contributed by atoms with Gasteiger partial charge < -0.3 is 5.32 Å². The monoisotopic (exact) mass is 300 g/mol. The Hall–Kier alpha value is -0.980. The Morgan fingerprint density at radius 1 is 1.35 bits per heavy atom. The van der Waals surface area contributed by atoms with Crippen molar-refractivity contribution in [2.24, 2.45) is 0 Å². The van der Waals surface area contributed by atoms with Crippen LogP contribution < -0.4 is 5.32 Å². The first-order valence-corrected chi connectivity index (χ1v) is 8.45. The molecule has 6 heteroatoms. The van der Waals surface area contributed by atoms with Crippen LogP contribution in [0.2, 0.25) is 0 Å². The first-order valence-electron chi connectivity index (χ1n) is 7.01. The van der Waals surface area contributed by atoms with Crippen molar-refractivity contribution < 1.29 is 12.8 Å². The predicted molar refractivity (Wildman–Crippen MR) is 76.4 cm³/mol. The van der Waals surface area contributed by atoms with E-state index in [0.717, 1.165) is 24.9 Å². The van der Waals surface area contributed by atoms with Gasteiger partial charge in [-0.25, -0.2) is 12.8 Å². The van der Waals surface area contributed by atoms with E-state index in [1.54, 1.807) is 13.0 Å². The van der Waals surface area contributed by atoms with Gasteiger partial charge in [0.2, 0.25) is 10.0 Å². The van der Waals surface area contributed by atoms with Crippen molar-refractivity contribution in [3.63, 3.8) is 0 Å². The molecule has 1 N–H and O–H groups in total. The van der Waals surface area contributed by atoms with E-state index < -0.39 is 15.8 Å². The molecule has 0 heterocycles. The number of nitrogens with zero attached hydrogens (tertiary/aromatic N) is 1. The molecule has 0 radical (unpaired) electrons. The molecule has 0 atom stereocenters. The average molecular weight is 300 g/mol. The van der Waals surface area contributed by atoms with E-state index in [9.17, 15) is 12.8 Å². The lowest BCUT2D eigenvalue weighted by molar-refractivity contribution is 0.416. The van der Waals surface area contributed by atoms with Crippen LogP contribution in [-0.4, -0.2) is 31.9 Å². The highest BCUT2D eigenvalue weighted by Crippen LogP contribution is 2.32. The summed E-state index contributed by atoms with van der Waals surface area (Å²) < 4.78 is 40.5. The van der Waals surface area contributed by atoms with Gasteiger partial charge in [0.1, 0.15) is 10.7 Å². The van der Waals surface area contributed by atoms with Gasteiger partial charge in [0.25, 0.3) is 0 Å². The van der Waals surface area contributed by atoms with Gasteiger partial charge in [-0.05, 0) is 37.1 Å². The summed E-state index contributed by atoms with van der Waals surface area (Å²) in [6.07, 6.45) is 1.73. The van der Waals surface area contributed by atoms with E-state index in [2.05, 4.69) is 5.32 Å². The number of benzene rings is 1. The van der Waals surface area contributed by atoms with Crippen LogP contribution in [0.25, 0.3) is 0 Å². The Labute approximate surface area is 120 Å². The molecule has 0 bridgehead atoms. The van der Waals surface area contributed by atoms with Crippen LogP contribution in [-0.2, 0) is 16.6 Å². The highest BCUT2D eigenvalue weighted by atomic mass is 32.2.